The van der Waals surface area contributed by atoms with Crippen molar-refractivity contribution in [1.29, 1.82) is 0 Å². The largest absolute Gasteiger partial charge is 0.493 e. The monoisotopic (exact) mass is 294 g/mol. The van der Waals surface area contributed by atoms with Gasteiger partial charge in [-0.25, -0.2) is 0 Å². The summed E-state index contributed by atoms with van der Waals surface area (Å²) in [6.45, 7) is 7.48. The molecule has 1 aliphatic rings. The maximum atomic E-state index is 6.02. The first-order valence-electron chi connectivity index (χ1n) is 8.56. The van der Waals surface area contributed by atoms with Gasteiger partial charge < -0.3 is 4.74 Å². The first kappa shape index (κ1) is 15.1. The molecule has 0 fully saturated rings. The minimum Gasteiger partial charge on any atom is -0.493 e. The fourth-order valence-electron chi connectivity index (χ4n) is 3.33. The van der Waals surface area contributed by atoms with Crippen LogP contribution in [0.25, 0.3) is 11.1 Å². The van der Waals surface area contributed by atoms with Crippen LogP contribution in [0.5, 0.6) is 5.75 Å². The molecule has 0 bridgehead atoms. The Labute approximate surface area is 134 Å². The summed E-state index contributed by atoms with van der Waals surface area (Å²) in [6.07, 6.45) is 4.64. The maximum Gasteiger partial charge on any atom is 0.119 e. The van der Waals surface area contributed by atoms with E-state index in [1.165, 1.54) is 40.7 Å². The fraction of sp³-hybridized carbons (Fsp3) is 0.429. The average molecular weight is 294 g/mol. The molecule has 0 radical (unpaired) electrons. The predicted octanol–water partition coefficient (Wildman–Crippen LogP) is 5.58. The molecule has 0 aromatic heterocycles. The van der Waals surface area contributed by atoms with Crippen LogP contribution in [0, 0.1) is 12.8 Å². The van der Waals surface area contributed by atoms with Crippen LogP contribution in [-0.2, 0) is 12.8 Å². The molecule has 2 aromatic rings. The normalized spacial score (nSPS) is 12.9. The van der Waals surface area contributed by atoms with E-state index in [4.69, 9.17) is 4.74 Å². The van der Waals surface area contributed by atoms with E-state index in [0.29, 0.717) is 5.92 Å². The van der Waals surface area contributed by atoms with Gasteiger partial charge in [-0.1, -0.05) is 56.5 Å². The Balaban J connectivity index is 1.82. The number of fused-ring (bicyclic) bond motifs is 3. The standard InChI is InChI=1S/C21H26O/c1-4-16(5-2)14-22-19-9-11-21-18(13-19)8-7-17-12-15(3)6-10-20(17)21/h6,9-13,16H,4-5,7-8,14H2,1-3H3. The van der Waals surface area contributed by atoms with Crippen molar-refractivity contribution in [2.45, 2.75) is 46.5 Å². The van der Waals surface area contributed by atoms with Crippen molar-refractivity contribution in [2.24, 2.45) is 5.92 Å². The quantitative estimate of drug-likeness (QED) is 0.700. The van der Waals surface area contributed by atoms with Crippen LogP contribution in [0.1, 0.15) is 43.4 Å². The topological polar surface area (TPSA) is 9.23 Å². The molecular weight excluding hydrogens is 268 g/mol. The van der Waals surface area contributed by atoms with E-state index in [2.05, 4.69) is 57.2 Å². The number of benzene rings is 2. The summed E-state index contributed by atoms with van der Waals surface area (Å²) >= 11 is 0. The van der Waals surface area contributed by atoms with E-state index in [0.717, 1.165) is 25.2 Å². The molecule has 0 saturated heterocycles. The number of ether oxygens (including phenoxy) is 1. The summed E-state index contributed by atoms with van der Waals surface area (Å²) in [7, 11) is 0. The lowest BCUT2D eigenvalue weighted by Gasteiger charge is -2.21. The van der Waals surface area contributed by atoms with Crippen molar-refractivity contribution in [2.75, 3.05) is 6.61 Å². The third kappa shape index (κ3) is 3.04. The van der Waals surface area contributed by atoms with Crippen molar-refractivity contribution < 1.29 is 4.74 Å². The van der Waals surface area contributed by atoms with E-state index in [1.807, 2.05) is 0 Å². The highest BCUT2D eigenvalue weighted by molar-refractivity contribution is 5.74. The molecule has 0 saturated carbocycles. The second kappa shape index (κ2) is 6.56. The van der Waals surface area contributed by atoms with Crippen LogP contribution in [0.3, 0.4) is 0 Å². The van der Waals surface area contributed by atoms with Gasteiger partial charge >= 0.3 is 0 Å². The average Bonchev–Trinajstić information content (AvgIpc) is 2.55. The van der Waals surface area contributed by atoms with E-state index in [9.17, 15) is 0 Å². The van der Waals surface area contributed by atoms with Gasteiger partial charge in [-0.15, -0.1) is 0 Å². The summed E-state index contributed by atoms with van der Waals surface area (Å²) in [4.78, 5) is 0. The molecule has 2 aromatic carbocycles. The second-order valence-electron chi connectivity index (χ2n) is 6.47. The molecule has 0 spiro atoms. The minimum atomic E-state index is 0.666. The lowest BCUT2D eigenvalue weighted by atomic mass is 9.85. The van der Waals surface area contributed by atoms with Crippen molar-refractivity contribution in [3.05, 3.63) is 53.1 Å². The van der Waals surface area contributed by atoms with Crippen molar-refractivity contribution in [3.63, 3.8) is 0 Å². The zero-order valence-corrected chi connectivity index (χ0v) is 14.0. The van der Waals surface area contributed by atoms with Gasteiger partial charge in [0.15, 0.2) is 0 Å². The van der Waals surface area contributed by atoms with Gasteiger partial charge in [0.1, 0.15) is 5.75 Å². The third-order valence-electron chi connectivity index (χ3n) is 4.93. The molecular formula is C21H26O. The molecule has 0 N–H and O–H groups in total. The van der Waals surface area contributed by atoms with Gasteiger partial charge in [-0.3, -0.25) is 0 Å². The zero-order valence-electron chi connectivity index (χ0n) is 14.0. The van der Waals surface area contributed by atoms with Gasteiger partial charge in [-0.2, -0.15) is 0 Å². The van der Waals surface area contributed by atoms with E-state index in [1.54, 1.807) is 0 Å². The van der Waals surface area contributed by atoms with Crippen LogP contribution in [0.2, 0.25) is 0 Å². The summed E-state index contributed by atoms with van der Waals surface area (Å²) in [6, 6.07) is 13.4. The molecule has 22 heavy (non-hydrogen) atoms. The van der Waals surface area contributed by atoms with Crippen LogP contribution >= 0.6 is 0 Å². The summed E-state index contributed by atoms with van der Waals surface area (Å²) in [5.41, 5.74) is 7.05. The molecule has 3 rings (SSSR count). The van der Waals surface area contributed by atoms with Gasteiger partial charge in [0.2, 0.25) is 0 Å². The minimum absolute atomic E-state index is 0.666. The summed E-state index contributed by atoms with van der Waals surface area (Å²) in [5.74, 6) is 1.70. The Hall–Kier alpha value is -1.76. The Kier molecular flexibility index (Phi) is 4.52. The molecule has 0 amide bonds. The van der Waals surface area contributed by atoms with Crippen LogP contribution in [0.15, 0.2) is 36.4 Å². The Morgan fingerprint density at radius 3 is 2.23 bits per heavy atom. The molecule has 0 unspecified atom stereocenters. The van der Waals surface area contributed by atoms with E-state index >= 15 is 0 Å². The first-order valence-corrected chi connectivity index (χ1v) is 8.56. The molecule has 1 heteroatoms. The number of hydrogen-bond donors (Lipinski definition) is 0. The SMILES string of the molecule is CCC(CC)COc1ccc2c(c1)CCc1cc(C)ccc1-2. The van der Waals surface area contributed by atoms with Gasteiger partial charge in [-0.05, 0) is 60.1 Å². The van der Waals surface area contributed by atoms with Crippen molar-refractivity contribution in [1.82, 2.24) is 0 Å². The van der Waals surface area contributed by atoms with Crippen LogP contribution < -0.4 is 4.74 Å². The Morgan fingerprint density at radius 2 is 1.55 bits per heavy atom. The smallest absolute Gasteiger partial charge is 0.119 e. The van der Waals surface area contributed by atoms with Gasteiger partial charge in [0, 0.05) is 0 Å². The maximum absolute atomic E-state index is 6.02. The zero-order chi connectivity index (χ0) is 15.5. The molecule has 116 valence electrons. The van der Waals surface area contributed by atoms with E-state index in [-0.39, 0.29) is 0 Å². The first-order chi connectivity index (χ1) is 10.7. The highest BCUT2D eigenvalue weighted by atomic mass is 16.5. The fourth-order valence-corrected chi connectivity index (χ4v) is 3.33. The highest BCUT2D eigenvalue weighted by Crippen LogP contribution is 2.35. The predicted molar refractivity (Wildman–Crippen MR) is 93.6 cm³/mol. The second-order valence-corrected chi connectivity index (χ2v) is 6.47. The lowest BCUT2D eigenvalue weighted by Crippen LogP contribution is -2.11. The number of aryl methyl sites for hydroxylation is 3. The molecule has 0 atom stereocenters. The highest BCUT2D eigenvalue weighted by Gasteiger charge is 2.16. The van der Waals surface area contributed by atoms with Gasteiger partial charge in [0.25, 0.3) is 0 Å². The van der Waals surface area contributed by atoms with Crippen LogP contribution in [0.4, 0.5) is 0 Å². The lowest BCUT2D eigenvalue weighted by molar-refractivity contribution is 0.240. The molecule has 1 nitrogen and oxygen atoms in total. The van der Waals surface area contributed by atoms with Crippen molar-refractivity contribution >= 4 is 0 Å². The third-order valence-corrected chi connectivity index (χ3v) is 4.93. The molecule has 1 aliphatic carbocycles. The van der Waals surface area contributed by atoms with Crippen molar-refractivity contribution in [3.8, 4) is 16.9 Å². The van der Waals surface area contributed by atoms with Gasteiger partial charge in [0.05, 0.1) is 6.61 Å². The van der Waals surface area contributed by atoms with E-state index < -0.39 is 0 Å². The Bertz CT molecular complexity index is 653. The number of hydrogen-bond acceptors (Lipinski definition) is 1. The summed E-state index contributed by atoms with van der Waals surface area (Å²) in [5, 5.41) is 0. The summed E-state index contributed by atoms with van der Waals surface area (Å²) < 4.78 is 6.02. The Morgan fingerprint density at radius 1 is 0.909 bits per heavy atom. The number of rotatable bonds is 5. The molecule has 0 heterocycles. The van der Waals surface area contributed by atoms with Crippen LogP contribution in [-0.4, -0.2) is 6.61 Å². The molecule has 0 aliphatic heterocycles.